The molecule has 0 aliphatic carbocycles. The van der Waals surface area contributed by atoms with Gasteiger partial charge in [0.05, 0.1) is 20.1 Å². The van der Waals surface area contributed by atoms with Gasteiger partial charge in [-0.25, -0.2) is 13.4 Å². The number of carbonyl (C=O) groups is 1. The molecule has 2 aliphatic heterocycles. The average molecular weight is 498 g/mol. The molecule has 2 fully saturated rings. The third-order valence-electron chi connectivity index (χ3n) is 7.31. The zero-order chi connectivity index (χ0) is 23.9. The van der Waals surface area contributed by atoms with E-state index in [4.69, 9.17) is 4.98 Å². The van der Waals surface area contributed by atoms with Crippen molar-refractivity contribution in [2.24, 2.45) is 5.92 Å². The number of fused-ring (bicyclic) bond motifs is 1. The maximum absolute atomic E-state index is 13.4. The van der Waals surface area contributed by atoms with E-state index in [1.54, 1.807) is 27.8 Å². The van der Waals surface area contributed by atoms with Gasteiger partial charge in [-0.1, -0.05) is 18.2 Å². The Morgan fingerprint density at radius 2 is 1.76 bits per heavy atom. The lowest BCUT2D eigenvalue weighted by molar-refractivity contribution is -0.138. The Morgan fingerprint density at radius 3 is 2.50 bits per heavy atom. The Labute approximate surface area is 205 Å². The maximum atomic E-state index is 13.4. The monoisotopic (exact) mass is 497 g/mol. The number of sulfonamides is 1. The van der Waals surface area contributed by atoms with Crippen molar-refractivity contribution in [3.8, 4) is 0 Å². The molecular weight excluding hydrogens is 466 g/mol. The molecular formula is C26H31N3O3S2. The van der Waals surface area contributed by atoms with E-state index in [1.807, 2.05) is 43.0 Å². The molecule has 2 saturated heterocycles. The Bertz CT molecular complexity index is 1280. The Kier molecular flexibility index (Phi) is 6.48. The number of hydrogen-bond donors (Lipinski definition) is 0. The minimum Gasteiger partial charge on any atom is -0.342 e. The highest BCUT2D eigenvalue weighted by Gasteiger charge is 2.35. The fraction of sp³-hybridized carbons (Fsp3) is 0.462. The van der Waals surface area contributed by atoms with Crippen LogP contribution in [-0.2, 0) is 14.8 Å². The van der Waals surface area contributed by atoms with Gasteiger partial charge in [0.1, 0.15) is 0 Å². The van der Waals surface area contributed by atoms with Crippen molar-refractivity contribution >= 4 is 37.5 Å². The van der Waals surface area contributed by atoms with Crippen molar-refractivity contribution in [1.29, 1.82) is 0 Å². The van der Waals surface area contributed by atoms with Gasteiger partial charge >= 0.3 is 0 Å². The number of piperidine rings is 2. The van der Waals surface area contributed by atoms with Gasteiger partial charge in [0.15, 0.2) is 0 Å². The van der Waals surface area contributed by atoms with Gasteiger partial charge in [0, 0.05) is 38.0 Å². The van der Waals surface area contributed by atoms with Crippen LogP contribution in [0.2, 0.25) is 0 Å². The summed E-state index contributed by atoms with van der Waals surface area (Å²) in [5.41, 5.74) is 3.08. The minimum absolute atomic E-state index is 0.111. The van der Waals surface area contributed by atoms with Crippen molar-refractivity contribution in [2.75, 3.05) is 26.2 Å². The van der Waals surface area contributed by atoms with Crippen molar-refractivity contribution in [1.82, 2.24) is 14.2 Å². The highest BCUT2D eigenvalue weighted by molar-refractivity contribution is 7.89. The molecule has 0 saturated carbocycles. The summed E-state index contributed by atoms with van der Waals surface area (Å²) in [6.45, 7) is 6.17. The number of rotatable bonds is 4. The largest absolute Gasteiger partial charge is 0.342 e. The fourth-order valence-electron chi connectivity index (χ4n) is 5.07. The number of carbonyl (C=O) groups excluding carboxylic acids is 1. The topological polar surface area (TPSA) is 70.6 Å². The van der Waals surface area contributed by atoms with Crippen LogP contribution in [0.5, 0.6) is 0 Å². The highest BCUT2D eigenvalue weighted by atomic mass is 32.2. The lowest BCUT2D eigenvalue weighted by atomic mass is 9.93. The van der Waals surface area contributed by atoms with Gasteiger partial charge in [-0.15, -0.1) is 11.3 Å². The second kappa shape index (κ2) is 9.40. The number of aryl methyl sites for hydroxylation is 2. The number of nitrogens with zero attached hydrogens (tertiary/aromatic N) is 3. The predicted molar refractivity (Wildman–Crippen MR) is 136 cm³/mol. The molecule has 8 heteroatoms. The number of amides is 1. The van der Waals surface area contributed by atoms with Gasteiger partial charge in [-0.3, -0.25) is 4.79 Å². The summed E-state index contributed by atoms with van der Waals surface area (Å²) >= 11 is 1.73. The molecule has 0 N–H and O–H groups in total. The first kappa shape index (κ1) is 23.5. The van der Waals surface area contributed by atoms with E-state index in [9.17, 15) is 13.2 Å². The maximum Gasteiger partial charge on any atom is 0.243 e. The number of thiazole rings is 1. The Balaban J connectivity index is 1.22. The SMILES string of the molecule is Cc1ccc(S(=O)(=O)N2CCC(C(=O)N3CCC[C@H](c4nc5ccccc5s4)C3)CC2)cc1C. The first-order valence-electron chi connectivity index (χ1n) is 12.0. The van der Waals surface area contributed by atoms with E-state index in [1.165, 1.54) is 4.70 Å². The van der Waals surface area contributed by atoms with Gasteiger partial charge in [0.25, 0.3) is 0 Å². The lowest BCUT2D eigenvalue weighted by Gasteiger charge is -2.37. The predicted octanol–water partition coefficient (Wildman–Crippen LogP) is 4.72. The van der Waals surface area contributed by atoms with Gasteiger partial charge < -0.3 is 4.90 Å². The molecule has 0 radical (unpaired) electrons. The van der Waals surface area contributed by atoms with Gasteiger partial charge in [-0.05, 0) is 74.9 Å². The highest BCUT2D eigenvalue weighted by Crippen LogP contribution is 2.34. The zero-order valence-corrected chi connectivity index (χ0v) is 21.4. The van der Waals surface area contributed by atoms with Crippen LogP contribution in [0.15, 0.2) is 47.4 Å². The fourth-order valence-corrected chi connectivity index (χ4v) is 7.72. The first-order chi connectivity index (χ1) is 16.3. The number of hydrogen-bond acceptors (Lipinski definition) is 5. The molecule has 1 aromatic heterocycles. The van der Waals surface area contributed by atoms with Crippen LogP contribution >= 0.6 is 11.3 Å². The van der Waals surface area contributed by atoms with Crippen LogP contribution in [0.4, 0.5) is 0 Å². The molecule has 1 atom stereocenters. The second-order valence-corrected chi connectivity index (χ2v) is 12.6. The number of aromatic nitrogens is 1. The van der Waals surface area contributed by atoms with E-state index in [2.05, 4.69) is 6.07 Å². The van der Waals surface area contributed by atoms with Crippen molar-refractivity contribution < 1.29 is 13.2 Å². The van der Waals surface area contributed by atoms with Crippen molar-refractivity contribution in [3.05, 3.63) is 58.6 Å². The smallest absolute Gasteiger partial charge is 0.243 e. The molecule has 3 aromatic rings. The number of para-hydroxylation sites is 1. The van der Waals surface area contributed by atoms with Crippen LogP contribution in [0, 0.1) is 19.8 Å². The summed E-state index contributed by atoms with van der Waals surface area (Å²) in [6, 6.07) is 13.5. The third kappa shape index (κ3) is 4.51. The summed E-state index contributed by atoms with van der Waals surface area (Å²) in [5.74, 6) is 0.342. The summed E-state index contributed by atoms with van der Waals surface area (Å²) < 4.78 is 29.0. The molecule has 0 unspecified atom stereocenters. The first-order valence-corrected chi connectivity index (χ1v) is 14.3. The average Bonchev–Trinajstić information content (AvgIpc) is 3.30. The second-order valence-electron chi connectivity index (χ2n) is 9.57. The summed E-state index contributed by atoms with van der Waals surface area (Å²) in [7, 11) is -3.53. The van der Waals surface area contributed by atoms with E-state index < -0.39 is 10.0 Å². The minimum atomic E-state index is -3.53. The summed E-state index contributed by atoms with van der Waals surface area (Å²) in [5, 5.41) is 1.12. The van der Waals surface area contributed by atoms with Crippen LogP contribution in [0.1, 0.15) is 47.7 Å². The Morgan fingerprint density at radius 1 is 1.00 bits per heavy atom. The van der Waals surface area contributed by atoms with Crippen LogP contribution < -0.4 is 0 Å². The number of benzene rings is 2. The third-order valence-corrected chi connectivity index (χ3v) is 10.4. The standard InChI is InChI=1S/C26H31N3O3S2/c1-18-9-10-22(16-19(18)2)34(31,32)29-14-11-20(12-15-29)26(30)28-13-5-6-21(17-28)25-27-23-7-3-4-8-24(23)33-25/h3-4,7-10,16,20-21H,5-6,11-15,17H2,1-2H3/t21-/m0/s1. The summed E-state index contributed by atoms with van der Waals surface area (Å²) in [4.78, 5) is 20.5. The van der Waals surface area contributed by atoms with Crippen LogP contribution in [0.3, 0.4) is 0 Å². The molecule has 0 bridgehead atoms. The molecule has 2 aromatic carbocycles. The van der Waals surface area contributed by atoms with Crippen LogP contribution in [-0.4, -0.2) is 54.7 Å². The molecule has 1 amide bonds. The van der Waals surface area contributed by atoms with E-state index in [0.717, 1.165) is 41.0 Å². The molecule has 6 nitrogen and oxygen atoms in total. The van der Waals surface area contributed by atoms with Gasteiger partial charge in [0.2, 0.25) is 15.9 Å². The quantitative estimate of drug-likeness (QED) is 0.523. The molecule has 5 rings (SSSR count). The normalized spacial score (nSPS) is 20.6. The molecule has 180 valence electrons. The zero-order valence-electron chi connectivity index (χ0n) is 19.7. The molecule has 3 heterocycles. The van der Waals surface area contributed by atoms with Gasteiger partial charge in [-0.2, -0.15) is 4.31 Å². The van der Waals surface area contributed by atoms with E-state index >= 15 is 0 Å². The lowest BCUT2D eigenvalue weighted by Crippen LogP contribution is -2.46. The van der Waals surface area contributed by atoms with Crippen molar-refractivity contribution in [3.63, 3.8) is 0 Å². The number of likely N-dealkylation sites (tertiary alicyclic amines) is 1. The van der Waals surface area contributed by atoms with Crippen molar-refractivity contribution in [2.45, 2.75) is 50.3 Å². The molecule has 34 heavy (non-hydrogen) atoms. The molecule has 2 aliphatic rings. The van der Waals surface area contributed by atoms with E-state index in [0.29, 0.717) is 37.4 Å². The molecule has 0 spiro atoms. The Hall–Kier alpha value is -2.29. The van der Waals surface area contributed by atoms with E-state index in [-0.39, 0.29) is 17.7 Å². The summed E-state index contributed by atoms with van der Waals surface area (Å²) in [6.07, 6.45) is 3.18. The van der Waals surface area contributed by atoms with Crippen LogP contribution in [0.25, 0.3) is 10.2 Å².